The number of hydrogen-bond acceptors (Lipinski definition) is 5. The Bertz CT molecular complexity index is 1330. The normalized spacial score (nSPS) is 16.2. The summed E-state index contributed by atoms with van der Waals surface area (Å²) in [6.45, 7) is 4.66. The van der Waals surface area contributed by atoms with Crippen molar-refractivity contribution in [3.05, 3.63) is 66.2 Å². The number of carbonyl (C=O) groups excluding carboxylic acids is 2. The van der Waals surface area contributed by atoms with E-state index < -0.39 is 23.9 Å². The van der Waals surface area contributed by atoms with Gasteiger partial charge in [-0.3, -0.25) is 4.79 Å². The summed E-state index contributed by atoms with van der Waals surface area (Å²) in [5, 5.41) is 3.10. The molecule has 38 heavy (non-hydrogen) atoms. The van der Waals surface area contributed by atoms with Crippen molar-refractivity contribution in [2.45, 2.75) is 51.2 Å². The first-order chi connectivity index (χ1) is 18.2. The van der Waals surface area contributed by atoms with Crippen LogP contribution in [0.5, 0.6) is 5.88 Å². The Balaban J connectivity index is 1.52. The third-order valence-electron chi connectivity index (χ3n) is 6.94. The van der Waals surface area contributed by atoms with E-state index in [2.05, 4.69) is 5.32 Å². The molecule has 0 saturated heterocycles. The number of carbonyl (C=O) groups is 2. The van der Waals surface area contributed by atoms with E-state index in [9.17, 15) is 14.0 Å². The van der Waals surface area contributed by atoms with Gasteiger partial charge in [0.25, 0.3) is 5.91 Å². The van der Waals surface area contributed by atoms with Gasteiger partial charge in [-0.2, -0.15) is 0 Å². The van der Waals surface area contributed by atoms with Gasteiger partial charge in [0, 0.05) is 11.1 Å². The molecule has 1 fully saturated rings. The number of rotatable bonds is 6. The molecule has 0 bridgehead atoms. The second-order valence-electron chi connectivity index (χ2n) is 10.7. The highest BCUT2D eigenvalue weighted by Crippen LogP contribution is 2.44. The highest BCUT2D eigenvalue weighted by molar-refractivity contribution is 5.99. The third-order valence-corrected chi connectivity index (χ3v) is 6.94. The first-order valence-corrected chi connectivity index (χ1v) is 12.9. The number of pyridine rings is 1. The lowest BCUT2D eigenvalue weighted by atomic mass is 9.71. The van der Waals surface area contributed by atoms with Crippen LogP contribution in [0.15, 0.2) is 60.7 Å². The first kappa shape index (κ1) is 25.7. The standard InChI is InChI=1S/C30H32FN3O4/c1-29(2,3)38-28(36)33-30(14-7-15-30)22-12-10-21(11-13-22)26-23(20-8-5-4-6-9-20)18-24-27(32-26)37-19-25(35)34(24)17-16-31/h4-6,8-13,18H,7,14-17,19H2,1-3H3,(H,33,36). The van der Waals surface area contributed by atoms with Crippen LogP contribution in [0.1, 0.15) is 45.6 Å². The van der Waals surface area contributed by atoms with Crippen molar-refractivity contribution in [2.75, 3.05) is 24.7 Å². The predicted octanol–water partition coefficient (Wildman–Crippen LogP) is 6.01. The van der Waals surface area contributed by atoms with E-state index in [1.807, 2.05) is 81.4 Å². The summed E-state index contributed by atoms with van der Waals surface area (Å²) in [6.07, 6.45) is 2.27. The number of amides is 2. The number of alkyl halides is 1. The summed E-state index contributed by atoms with van der Waals surface area (Å²) in [6, 6.07) is 19.6. The lowest BCUT2D eigenvalue weighted by Crippen LogP contribution is -2.52. The van der Waals surface area contributed by atoms with Crippen LogP contribution in [0.4, 0.5) is 14.9 Å². The summed E-state index contributed by atoms with van der Waals surface area (Å²) in [4.78, 5) is 31.2. The SMILES string of the molecule is CC(C)(C)OC(=O)NC1(c2ccc(-c3nc4c(cc3-c3ccccc3)N(CCF)C(=O)CO4)cc2)CCC1. The molecule has 1 aliphatic heterocycles. The smallest absolute Gasteiger partial charge is 0.408 e. The maximum Gasteiger partial charge on any atom is 0.408 e. The second-order valence-corrected chi connectivity index (χ2v) is 10.7. The van der Waals surface area contributed by atoms with Crippen LogP contribution in [-0.2, 0) is 15.1 Å². The van der Waals surface area contributed by atoms with Crippen LogP contribution in [-0.4, -0.2) is 42.4 Å². The van der Waals surface area contributed by atoms with E-state index in [1.165, 1.54) is 4.90 Å². The lowest BCUT2D eigenvalue weighted by Gasteiger charge is -2.43. The Morgan fingerprint density at radius 3 is 2.42 bits per heavy atom. The highest BCUT2D eigenvalue weighted by atomic mass is 19.1. The van der Waals surface area contributed by atoms with Crippen molar-refractivity contribution in [3.8, 4) is 28.3 Å². The van der Waals surface area contributed by atoms with Gasteiger partial charge in [-0.25, -0.2) is 14.2 Å². The van der Waals surface area contributed by atoms with Crippen LogP contribution < -0.4 is 15.0 Å². The Morgan fingerprint density at radius 2 is 1.82 bits per heavy atom. The van der Waals surface area contributed by atoms with E-state index in [-0.39, 0.29) is 19.1 Å². The second kappa shape index (κ2) is 10.1. The van der Waals surface area contributed by atoms with Gasteiger partial charge in [-0.15, -0.1) is 0 Å². The van der Waals surface area contributed by atoms with Gasteiger partial charge in [0.1, 0.15) is 18.0 Å². The van der Waals surface area contributed by atoms with E-state index in [1.54, 1.807) is 0 Å². The molecular formula is C30H32FN3O4. The molecule has 0 unspecified atom stereocenters. The summed E-state index contributed by atoms with van der Waals surface area (Å²) in [5.74, 6) is 0.00946. The molecule has 2 aliphatic rings. The van der Waals surface area contributed by atoms with E-state index in [4.69, 9.17) is 14.5 Å². The van der Waals surface area contributed by atoms with Crippen molar-refractivity contribution < 1.29 is 23.5 Å². The third kappa shape index (κ3) is 5.08. The van der Waals surface area contributed by atoms with Crippen molar-refractivity contribution in [1.29, 1.82) is 0 Å². The molecule has 2 amide bonds. The monoisotopic (exact) mass is 517 g/mol. The fraction of sp³-hybridized carbons (Fsp3) is 0.367. The Kier molecular flexibility index (Phi) is 6.82. The highest BCUT2D eigenvalue weighted by Gasteiger charge is 2.41. The van der Waals surface area contributed by atoms with Crippen molar-refractivity contribution in [2.24, 2.45) is 0 Å². The van der Waals surface area contributed by atoms with Crippen LogP contribution in [0.2, 0.25) is 0 Å². The van der Waals surface area contributed by atoms with Crippen LogP contribution in [0.3, 0.4) is 0 Å². The molecule has 0 radical (unpaired) electrons. The Labute approximate surface area is 222 Å². The molecule has 8 heteroatoms. The number of halogens is 1. The molecule has 1 saturated carbocycles. The number of anilines is 1. The van der Waals surface area contributed by atoms with Crippen molar-refractivity contribution >= 4 is 17.7 Å². The number of benzene rings is 2. The van der Waals surface area contributed by atoms with Gasteiger partial charge in [-0.1, -0.05) is 54.6 Å². The molecule has 5 rings (SSSR count). The van der Waals surface area contributed by atoms with Gasteiger partial charge in [0.05, 0.1) is 17.8 Å². The molecule has 7 nitrogen and oxygen atoms in total. The maximum atomic E-state index is 13.3. The summed E-state index contributed by atoms with van der Waals surface area (Å²) >= 11 is 0. The number of nitrogens with zero attached hydrogens (tertiary/aromatic N) is 2. The minimum atomic E-state index is -0.659. The number of alkyl carbamates (subject to hydrolysis) is 1. The topological polar surface area (TPSA) is 80.8 Å². The Morgan fingerprint density at radius 1 is 1.11 bits per heavy atom. The molecular weight excluding hydrogens is 485 g/mol. The largest absolute Gasteiger partial charge is 0.466 e. The molecule has 0 spiro atoms. The summed E-state index contributed by atoms with van der Waals surface area (Å²) in [5.41, 5.74) is 3.73. The van der Waals surface area contributed by atoms with Crippen molar-refractivity contribution in [3.63, 3.8) is 0 Å². The first-order valence-electron chi connectivity index (χ1n) is 12.9. The van der Waals surface area contributed by atoms with Gasteiger partial charge >= 0.3 is 6.09 Å². The maximum absolute atomic E-state index is 13.3. The van der Waals surface area contributed by atoms with Gasteiger partial charge < -0.3 is 19.7 Å². The van der Waals surface area contributed by atoms with Crippen LogP contribution in [0.25, 0.3) is 22.4 Å². The molecule has 1 N–H and O–H groups in total. The fourth-order valence-corrected chi connectivity index (χ4v) is 4.98. The number of hydrogen-bond donors (Lipinski definition) is 1. The van der Waals surface area contributed by atoms with Gasteiger partial charge in [0.15, 0.2) is 6.61 Å². The number of fused-ring (bicyclic) bond motifs is 1. The summed E-state index contributed by atoms with van der Waals surface area (Å²) < 4.78 is 24.4. The minimum Gasteiger partial charge on any atom is -0.466 e. The average molecular weight is 518 g/mol. The van der Waals surface area contributed by atoms with Crippen molar-refractivity contribution in [1.82, 2.24) is 10.3 Å². The fourth-order valence-electron chi connectivity index (χ4n) is 4.98. The predicted molar refractivity (Wildman–Crippen MR) is 144 cm³/mol. The molecule has 3 aromatic rings. The average Bonchev–Trinajstić information content (AvgIpc) is 2.87. The van der Waals surface area contributed by atoms with Gasteiger partial charge in [-0.05, 0) is 57.2 Å². The zero-order valence-corrected chi connectivity index (χ0v) is 21.9. The van der Waals surface area contributed by atoms with E-state index in [0.29, 0.717) is 17.3 Å². The van der Waals surface area contributed by atoms with E-state index >= 15 is 0 Å². The molecule has 2 aromatic carbocycles. The quantitative estimate of drug-likeness (QED) is 0.433. The van der Waals surface area contributed by atoms with Crippen LogP contribution in [0, 0.1) is 0 Å². The van der Waals surface area contributed by atoms with Crippen LogP contribution >= 0.6 is 0 Å². The molecule has 1 aromatic heterocycles. The van der Waals surface area contributed by atoms with Gasteiger partial charge in [0.2, 0.25) is 5.88 Å². The number of ether oxygens (including phenoxy) is 2. The molecule has 0 atom stereocenters. The molecule has 2 heterocycles. The molecule has 198 valence electrons. The summed E-state index contributed by atoms with van der Waals surface area (Å²) in [7, 11) is 0. The number of nitrogens with one attached hydrogen (secondary N) is 1. The van der Waals surface area contributed by atoms with E-state index in [0.717, 1.165) is 41.5 Å². The zero-order chi connectivity index (χ0) is 26.9. The molecule has 1 aliphatic carbocycles. The zero-order valence-electron chi connectivity index (χ0n) is 21.9. The lowest BCUT2D eigenvalue weighted by molar-refractivity contribution is -0.121. The Hall–Kier alpha value is -3.94. The minimum absolute atomic E-state index is 0.0497. The number of aromatic nitrogens is 1.